The second-order valence-corrected chi connectivity index (χ2v) is 6.38. The number of rotatable bonds is 4. The minimum absolute atomic E-state index is 0.311. The molecule has 0 spiro atoms. The molecule has 3 nitrogen and oxygen atoms in total. The molecule has 0 amide bonds. The van der Waals surface area contributed by atoms with E-state index in [2.05, 4.69) is 0 Å². The van der Waals surface area contributed by atoms with Crippen LogP contribution >= 0.6 is 23.2 Å². The highest BCUT2D eigenvalue weighted by Crippen LogP contribution is 2.33. The second kappa shape index (κ2) is 6.84. The standard InChI is InChI=1S/C17H19Cl2NO2/c1-21-17-11-20(15-10-12(18)6-7-14(15)19)9-8-16(17)22-13-4-2-3-5-13/h6-8,10-11,13H,2-5,9H2,1H3. The summed E-state index contributed by atoms with van der Waals surface area (Å²) in [6.45, 7) is 0.676. The van der Waals surface area contributed by atoms with Gasteiger partial charge in [-0.3, -0.25) is 0 Å². The lowest BCUT2D eigenvalue weighted by Gasteiger charge is -2.28. The van der Waals surface area contributed by atoms with E-state index in [0.717, 1.165) is 24.3 Å². The van der Waals surface area contributed by atoms with E-state index < -0.39 is 0 Å². The van der Waals surface area contributed by atoms with Crippen molar-refractivity contribution in [3.8, 4) is 0 Å². The summed E-state index contributed by atoms with van der Waals surface area (Å²) in [4.78, 5) is 2.01. The summed E-state index contributed by atoms with van der Waals surface area (Å²) in [6, 6.07) is 5.43. The van der Waals surface area contributed by atoms with Gasteiger partial charge in [-0.05, 0) is 50.0 Å². The lowest BCUT2D eigenvalue weighted by Crippen LogP contribution is -2.24. The molecule has 1 aliphatic heterocycles. The van der Waals surface area contributed by atoms with E-state index in [1.807, 2.05) is 23.2 Å². The van der Waals surface area contributed by atoms with Gasteiger partial charge in [-0.15, -0.1) is 0 Å². The first-order valence-electron chi connectivity index (χ1n) is 7.52. The Balaban J connectivity index is 1.79. The van der Waals surface area contributed by atoms with Crippen LogP contribution in [0.15, 0.2) is 42.0 Å². The van der Waals surface area contributed by atoms with Gasteiger partial charge in [0.05, 0.1) is 30.1 Å². The maximum atomic E-state index is 6.27. The van der Waals surface area contributed by atoms with Crippen molar-refractivity contribution in [2.24, 2.45) is 0 Å². The van der Waals surface area contributed by atoms with Gasteiger partial charge in [0.1, 0.15) is 0 Å². The summed E-state index contributed by atoms with van der Waals surface area (Å²) in [5.41, 5.74) is 0.861. The topological polar surface area (TPSA) is 21.7 Å². The molecule has 3 rings (SSSR count). The number of methoxy groups -OCH3 is 1. The molecule has 0 atom stereocenters. The summed E-state index contributed by atoms with van der Waals surface area (Å²) < 4.78 is 11.6. The van der Waals surface area contributed by atoms with Crippen LogP contribution < -0.4 is 4.90 Å². The van der Waals surface area contributed by atoms with Gasteiger partial charge in [0, 0.05) is 11.6 Å². The number of nitrogens with zero attached hydrogens (tertiary/aromatic N) is 1. The average Bonchev–Trinajstić information content (AvgIpc) is 3.03. The predicted molar refractivity (Wildman–Crippen MR) is 90.3 cm³/mol. The van der Waals surface area contributed by atoms with E-state index in [9.17, 15) is 0 Å². The number of ether oxygens (including phenoxy) is 2. The van der Waals surface area contributed by atoms with Gasteiger partial charge in [0.2, 0.25) is 0 Å². The van der Waals surface area contributed by atoms with Crippen molar-refractivity contribution in [2.45, 2.75) is 31.8 Å². The van der Waals surface area contributed by atoms with Gasteiger partial charge in [0.25, 0.3) is 0 Å². The molecule has 1 heterocycles. The Morgan fingerprint density at radius 1 is 1.14 bits per heavy atom. The van der Waals surface area contributed by atoms with Crippen molar-refractivity contribution in [1.82, 2.24) is 0 Å². The molecule has 5 heteroatoms. The van der Waals surface area contributed by atoms with Crippen LogP contribution in [0, 0.1) is 0 Å². The highest BCUT2D eigenvalue weighted by atomic mass is 35.5. The van der Waals surface area contributed by atoms with Crippen LogP contribution in [-0.2, 0) is 9.47 Å². The Bertz CT molecular complexity index is 607. The highest BCUT2D eigenvalue weighted by molar-refractivity contribution is 6.35. The Morgan fingerprint density at radius 3 is 2.64 bits per heavy atom. The summed E-state index contributed by atoms with van der Waals surface area (Å²) in [5.74, 6) is 1.54. The van der Waals surface area contributed by atoms with Gasteiger partial charge in [-0.2, -0.15) is 0 Å². The van der Waals surface area contributed by atoms with Gasteiger partial charge in [-0.25, -0.2) is 0 Å². The number of anilines is 1. The maximum absolute atomic E-state index is 6.27. The lowest BCUT2D eigenvalue weighted by molar-refractivity contribution is 0.104. The van der Waals surface area contributed by atoms with Gasteiger partial charge >= 0.3 is 0 Å². The molecule has 0 N–H and O–H groups in total. The first-order valence-corrected chi connectivity index (χ1v) is 8.27. The minimum Gasteiger partial charge on any atom is -0.491 e. The molecule has 1 fully saturated rings. The van der Waals surface area contributed by atoms with Crippen molar-refractivity contribution in [3.63, 3.8) is 0 Å². The van der Waals surface area contributed by atoms with Crippen molar-refractivity contribution in [3.05, 3.63) is 52.0 Å². The summed E-state index contributed by atoms with van der Waals surface area (Å²) in [5, 5.41) is 1.31. The van der Waals surface area contributed by atoms with Gasteiger partial charge in [0.15, 0.2) is 11.5 Å². The van der Waals surface area contributed by atoms with E-state index in [-0.39, 0.29) is 0 Å². The van der Waals surface area contributed by atoms with Crippen LogP contribution in [0.1, 0.15) is 25.7 Å². The normalized spacial score (nSPS) is 19.0. The Labute approximate surface area is 141 Å². The van der Waals surface area contributed by atoms with Crippen LogP contribution in [-0.4, -0.2) is 19.8 Å². The molecule has 1 aromatic carbocycles. The molecule has 1 saturated carbocycles. The quantitative estimate of drug-likeness (QED) is 0.757. The van der Waals surface area contributed by atoms with Crippen molar-refractivity contribution >= 4 is 28.9 Å². The molecule has 0 radical (unpaired) electrons. The molecule has 118 valence electrons. The summed E-state index contributed by atoms with van der Waals surface area (Å²) in [6.07, 6.45) is 9.00. The third-order valence-corrected chi connectivity index (χ3v) is 4.58. The highest BCUT2D eigenvalue weighted by Gasteiger charge is 2.23. The predicted octanol–water partition coefficient (Wildman–Crippen LogP) is 5.14. The van der Waals surface area contributed by atoms with Crippen LogP contribution in [0.5, 0.6) is 0 Å². The van der Waals surface area contributed by atoms with E-state index in [1.165, 1.54) is 12.8 Å². The number of hydrogen-bond donors (Lipinski definition) is 0. The van der Waals surface area contributed by atoms with Gasteiger partial charge < -0.3 is 14.4 Å². The zero-order valence-corrected chi connectivity index (χ0v) is 14.0. The smallest absolute Gasteiger partial charge is 0.176 e. The first-order chi connectivity index (χ1) is 10.7. The third kappa shape index (κ3) is 3.36. The molecule has 2 aliphatic rings. The molecule has 22 heavy (non-hydrogen) atoms. The van der Waals surface area contributed by atoms with E-state index >= 15 is 0 Å². The second-order valence-electron chi connectivity index (χ2n) is 5.54. The van der Waals surface area contributed by atoms with Gasteiger partial charge in [-0.1, -0.05) is 23.2 Å². The first kappa shape index (κ1) is 15.6. The number of benzene rings is 1. The van der Waals surface area contributed by atoms with E-state index in [0.29, 0.717) is 28.5 Å². The summed E-state index contributed by atoms with van der Waals surface area (Å²) in [7, 11) is 1.65. The molecular weight excluding hydrogens is 321 g/mol. The molecule has 1 aromatic rings. The van der Waals surface area contributed by atoms with E-state index in [1.54, 1.807) is 19.2 Å². The Hall–Kier alpha value is -1.32. The fourth-order valence-corrected chi connectivity index (χ4v) is 3.25. The Morgan fingerprint density at radius 2 is 1.91 bits per heavy atom. The molecular formula is C17H19Cl2NO2. The monoisotopic (exact) mass is 339 g/mol. The van der Waals surface area contributed by atoms with Crippen molar-refractivity contribution in [1.29, 1.82) is 0 Å². The molecule has 0 saturated heterocycles. The van der Waals surface area contributed by atoms with Crippen LogP contribution in [0.3, 0.4) is 0 Å². The number of hydrogen-bond acceptors (Lipinski definition) is 3. The average molecular weight is 340 g/mol. The number of halogens is 2. The van der Waals surface area contributed by atoms with Crippen LogP contribution in [0.25, 0.3) is 0 Å². The molecule has 1 aliphatic carbocycles. The third-order valence-electron chi connectivity index (χ3n) is 4.02. The zero-order valence-electron chi connectivity index (χ0n) is 12.5. The fraction of sp³-hybridized carbons (Fsp3) is 0.412. The van der Waals surface area contributed by atoms with Crippen molar-refractivity contribution < 1.29 is 9.47 Å². The van der Waals surface area contributed by atoms with Crippen LogP contribution in [0.2, 0.25) is 10.0 Å². The van der Waals surface area contributed by atoms with Crippen LogP contribution in [0.4, 0.5) is 5.69 Å². The molecule has 0 aromatic heterocycles. The SMILES string of the molecule is COC1=CN(c2cc(Cl)ccc2Cl)CC=C1OC1CCCC1. The Kier molecular flexibility index (Phi) is 4.84. The fourth-order valence-electron chi connectivity index (χ4n) is 2.86. The van der Waals surface area contributed by atoms with E-state index in [4.69, 9.17) is 32.7 Å². The largest absolute Gasteiger partial charge is 0.491 e. The minimum atomic E-state index is 0.311. The summed E-state index contributed by atoms with van der Waals surface area (Å²) >= 11 is 12.3. The van der Waals surface area contributed by atoms with Crippen molar-refractivity contribution in [2.75, 3.05) is 18.6 Å². The zero-order chi connectivity index (χ0) is 15.5. The molecule has 0 unspecified atom stereocenters. The molecule has 0 bridgehead atoms. The lowest BCUT2D eigenvalue weighted by atomic mass is 10.2. The maximum Gasteiger partial charge on any atom is 0.176 e.